The van der Waals surface area contributed by atoms with Gasteiger partial charge in [-0.15, -0.1) is 0 Å². The molecule has 0 aliphatic heterocycles. The highest BCUT2D eigenvalue weighted by molar-refractivity contribution is 6.35. The van der Waals surface area contributed by atoms with Crippen LogP contribution in [0.4, 0.5) is 0 Å². The summed E-state index contributed by atoms with van der Waals surface area (Å²) in [6.45, 7) is 3.90. The fourth-order valence-electron chi connectivity index (χ4n) is 1.63. The van der Waals surface area contributed by atoms with Gasteiger partial charge < -0.3 is 10.1 Å². The molecular formula is C15H15Cl2NO. The molecule has 0 aromatic heterocycles. The van der Waals surface area contributed by atoms with Crippen LogP contribution in [-0.2, 0) is 6.54 Å². The van der Waals surface area contributed by atoms with Crippen molar-refractivity contribution in [3.63, 3.8) is 0 Å². The Labute approximate surface area is 123 Å². The minimum Gasteiger partial charge on any atom is -0.456 e. The number of nitrogens with one attached hydrogen (secondary N) is 1. The summed E-state index contributed by atoms with van der Waals surface area (Å²) in [5, 5.41) is 4.37. The third-order valence-electron chi connectivity index (χ3n) is 2.62. The van der Waals surface area contributed by atoms with Crippen LogP contribution in [0, 0.1) is 0 Å². The van der Waals surface area contributed by atoms with Gasteiger partial charge in [-0.1, -0.05) is 42.3 Å². The highest BCUT2D eigenvalue weighted by Crippen LogP contribution is 2.31. The first-order valence-corrected chi connectivity index (χ1v) is 6.87. The number of hydrogen-bond donors (Lipinski definition) is 1. The van der Waals surface area contributed by atoms with Crippen molar-refractivity contribution in [3.8, 4) is 11.5 Å². The van der Waals surface area contributed by atoms with Crippen LogP contribution in [0.3, 0.4) is 0 Å². The molecule has 100 valence electrons. The quantitative estimate of drug-likeness (QED) is 0.847. The van der Waals surface area contributed by atoms with Crippen LogP contribution < -0.4 is 10.1 Å². The standard InChI is InChI=1S/C15H15Cl2NO/c1-2-18-10-11-3-6-13(7-4-11)19-15-8-5-12(16)9-14(15)17/h3-9,18H,2,10H2,1H3. The molecule has 0 aliphatic rings. The molecule has 0 amide bonds. The third kappa shape index (κ3) is 4.13. The second-order valence-electron chi connectivity index (χ2n) is 4.10. The molecule has 0 spiro atoms. The zero-order valence-electron chi connectivity index (χ0n) is 10.6. The van der Waals surface area contributed by atoms with E-state index in [-0.39, 0.29) is 0 Å². The first kappa shape index (κ1) is 14.2. The molecule has 1 N–H and O–H groups in total. The number of benzene rings is 2. The van der Waals surface area contributed by atoms with Crippen molar-refractivity contribution < 1.29 is 4.74 Å². The second-order valence-corrected chi connectivity index (χ2v) is 4.94. The summed E-state index contributed by atoms with van der Waals surface area (Å²) in [6, 6.07) is 13.1. The summed E-state index contributed by atoms with van der Waals surface area (Å²) < 4.78 is 5.71. The van der Waals surface area contributed by atoms with E-state index in [1.54, 1.807) is 18.2 Å². The largest absolute Gasteiger partial charge is 0.456 e. The van der Waals surface area contributed by atoms with Gasteiger partial charge in [0.2, 0.25) is 0 Å². The molecule has 2 rings (SSSR count). The maximum atomic E-state index is 6.06. The molecule has 0 radical (unpaired) electrons. The monoisotopic (exact) mass is 295 g/mol. The molecule has 2 aromatic rings. The minimum atomic E-state index is 0.504. The van der Waals surface area contributed by atoms with Gasteiger partial charge in [0.15, 0.2) is 0 Å². The summed E-state index contributed by atoms with van der Waals surface area (Å²) in [6.07, 6.45) is 0. The number of ether oxygens (including phenoxy) is 1. The highest BCUT2D eigenvalue weighted by atomic mass is 35.5. The lowest BCUT2D eigenvalue weighted by Gasteiger charge is -2.09. The van der Waals surface area contributed by atoms with E-state index in [1.807, 2.05) is 24.3 Å². The Balaban J connectivity index is 2.06. The van der Waals surface area contributed by atoms with Crippen molar-refractivity contribution in [2.45, 2.75) is 13.5 Å². The van der Waals surface area contributed by atoms with Crippen LogP contribution >= 0.6 is 23.2 Å². The smallest absolute Gasteiger partial charge is 0.146 e. The molecule has 0 aliphatic carbocycles. The van der Waals surface area contributed by atoms with Crippen LogP contribution in [0.15, 0.2) is 42.5 Å². The summed E-state index contributed by atoms with van der Waals surface area (Å²) >= 11 is 11.9. The number of halogens is 2. The highest BCUT2D eigenvalue weighted by Gasteiger charge is 2.04. The van der Waals surface area contributed by atoms with E-state index >= 15 is 0 Å². The zero-order chi connectivity index (χ0) is 13.7. The Hall–Kier alpha value is -1.22. The lowest BCUT2D eigenvalue weighted by atomic mass is 10.2. The Morgan fingerprint density at radius 3 is 2.42 bits per heavy atom. The molecule has 2 nitrogen and oxygen atoms in total. The Morgan fingerprint density at radius 2 is 1.79 bits per heavy atom. The van der Waals surface area contributed by atoms with Crippen molar-refractivity contribution in [2.75, 3.05) is 6.54 Å². The molecule has 0 saturated heterocycles. The van der Waals surface area contributed by atoms with Gasteiger partial charge in [-0.3, -0.25) is 0 Å². The average Bonchev–Trinajstić information content (AvgIpc) is 2.41. The molecule has 19 heavy (non-hydrogen) atoms. The maximum Gasteiger partial charge on any atom is 0.146 e. The van der Waals surface area contributed by atoms with Crippen LogP contribution in [0.2, 0.25) is 10.0 Å². The van der Waals surface area contributed by atoms with E-state index in [0.29, 0.717) is 15.8 Å². The van der Waals surface area contributed by atoms with E-state index in [4.69, 9.17) is 27.9 Å². The van der Waals surface area contributed by atoms with Gasteiger partial charge in [0.05, 0.1) is 5.02 Å². The van der Waals surface area contributed by atoms with Gasteiger partial charge in [-0.25, -0.2) is 0 Å². The van der Waals surface area contributed by atoms with Crippen molar-refractivity contribution in [1.82, 2.24) is 5.32 Å². The molecular weight excluding hydrogens is 281 g/mol. The van der Waals surface area contributed by atoms with Crippen LogP contribution in [0.25, 0.3) is 0 Å². The summed E-state index contributed by atoms with van der Waals surface area (Å²) in [4.78, 5) is 0. The van der Waals surface area contributed by atoms with E-state index in [0.717, 1.165) is 18.8 Å². The van der Waals surface area contributed by atoms with Crippen molar-refractivity contribution in [2.24, 2.45) is 0 Å². The zero-order valence-corrected chi connectivity index (χ0v) is 12.1. The molecule has 0 heterocycles. The van der Waals surface area contributed by atoms with Gasteiger partial charge >= 0.3 is 0 Å². The summed E-state index contributed by atoms with van der Waals surface area (Å²) in [7, 11) is 0. The van der Waals surface area contributed by atoms with Crippen LogP contribution in [-0.4, -0.2) is 6.54 Å². The topological polar surface area (TPSA) is 21.3 Å². The fraction of sp³-hybridized carbons (Fsp3) is 0.200. The molecule has 4 heteroatoms. The van der Waals surface area contributed by atoms with E-state index in [9.17, 15) is 0 Å². The van der Waals surface area contributed by atoms with Crippen LogP contribution in [0.5, 0.6) is 11.5 Å². The Morgan fingerprint density at radius 1 is 1.05 bits per heavy atom. The molecule has 2 aromatic carbocycles. The van der Waals surface area contributed by atoms with E-state index in [1.165, 1.54) is 5.56 Å². The number of hydrogen-bond acceptors (Lipinski definition) is 2. The van der Waals surface area contributed by atoms with E-state index < -0.39 is 0 Å². The van der Waals surface area contributed by atoms with Gasteiger partial charge in [0.1, 0.15) is 11.5 Å². The van der Waals surface area contributed by atoms with Crippen molar-refractivity contribution in [1.29, 1.82) is 0 Å². The van der Waals surface area contributed by atoms with Crippen molar-refractivity contribution >= 4 is 23.2 Å². The van der Waals surface area contributed by atoms with Crippen molar-refractivity contribution in [3.05, 3.63) is 58.1 Å². The Kier molecular flexibility index (Phi) is 5.08. The molecule has 0 unspecified atom stereocenters. The SMILES string of the molecule is CCNCc1ccc(Oc2ccc(Cl)cc2Cl)cc1. The fourth-order valence-corrected chi connectivity index (χ4v) is 2.08. The Bertz CT molecular complexity index is 540. The third-order valence-corrected chi connectivity index (χ3v) is 3.15. The summed E-state index contributed by atoms with van der Waals surface area (Å²) in [5.74, 6) is 1.36. The minimum absolute atomic E-state index is 0.504. The first-order chi connectivity index (χ1) is 9.19. The van der Waals surface area contributed by atoms with Gasteiger partial charge in [-0.2, -0.15) is 0 Å². The maximum absolute atomic E-state index is 6.06. The molecule has 0 bridgehead atoms. The lowest BCUT2D eigenvalue weighted by molar-refractivity contribution is 0.482. The van der Waals surface area contributed by atoms with Crippen LogP contribution in [0.1, 0.15) is 12.5 Å². The molecule has 0 saturated carbocycles. The van der Waals surface area contributed by atoms with Gasteiger partial charge in [0, 0.05) is 11.6 Å². The first-order valence-electron chi connectivity index (χ1n) is 6.11. The predicted molar refractivity (Wildman–Crippen MR) is 80.4 cm³/mol. The summed E-state index contributed by atoms with van der Waals surface area (Å²) in [5.41, 5.74) is 1.22. The molecule has 0 fully saturated rings. The van der Waals surface area contributed by atoms with Gasteiger partial charge in [0.25, 0.3) is 0 Å². The second kappa shape index (κ2) is 6.80. The van der Waals surface area contributed by atoms with E-state index in [2.05, 4.69) is 12.2 Å². The molecule has 0 atom stereocenters. The van der Waals surface area contributed by atoms with Gasteiger partial charge in [-0.05, 0) is 42.4 Å². The normalized spacial score (nSPS) is 10.5. The average molecular weight is 296 g/mol. The lowest BCUT2D eigenvalue weighted by Crippen LogP contribution is -2.11. The predicted octanol–water partition coefficient (Wildman–Crippen LogP) is 4.90. The number of rotatable bonds is 5.